The molecular weight excluding hydrogens is 196 g/mol. The lowest BCUT2D eigenvalue weighted by atomic mass is 10.0. The lowest BCUT2D eigenvalue weighted by Crippen LogP contribution is -2.14. The summed E-state index contributed by atoms with van der Waals surface area (Å²) < 4.78 is 12.6. The van der Waals surface area contributed by atoms with Crippen LogP contribution >= 0.6 is 15.9 Å². The van der Waals surface area contributed by atoms with Crippen molar-refractivity contribution >= 4 is 29.4 Å². The number of rotatable bonds is 1. The van der Waals surface area contributed by atoms with Crippen molar-refractivity contribution in [1.82, 2.24) is 4.98 Å². The second kappa shape index (κ2) is 3.15. The van der Waals surface area contributed by atoms with Gasteiger partial charge in [-0.3, -0.25) is 4.98 Å². The fraction of sp³-hybridized carbons (Fsp3) is 0.167. The molecule has 0 aromatic carbocycles. The van der Waals surface area contributed by atoms with Crippen molar-refractivity contribution in [3.63, 3.8) is 0 Å². The van der Waals surface area contributed by atoms with Crippen LogP contribution in [0.5, 0.6) is 0 Å². The van der Waals surface area contributed by atoms with E-state index in [0.29, 0.717) is 10.9 Å². The van der Waals surface area contributed by atoms with Crippen molar-refractivity contribution in [2.75, 3.05) is 0 Å². The van der Waals surface area contributed by atoms with Crippen molar-refractivity contribution in [3.05, 3.63) is 23.6 Å². The van der Waals surface area contributed by atoms with Gasteiger partial charge in [0, 0.05) is 10.9 Å². The van der Waals surface area contributed by atoms with E-state index in [0.717, 1.165) is 5.69 Å². The monoisotopic (exact) mass is 201 g/mol. The molecule has 0 bridgehead atoms. The lowest BCUT2D eigenvalue weighted by molar-refractivity contribution is 0.630. The van der Waals surface area contributed by atoms with Gasteiger partial charge in [0.15, 0.2) is 7.85 Å². The zero-order valence-corrected chi connectivity index (χ0v) is 7.15. The SMILES string of the molecule is Bc1nc(CBr)ccc1F. The minimum atomic E-state index is -0.246. The van der Waals surface area contributed by atoms with Crippen LogP contribution in [-0.2, 0) is 5.33 Å². The van der Waals surface area contributed by atoms with Crippen molar-refractivity contribution in [2.45, 2.75) is 5.33 Å². The van der Waals surface area contributed by atoms with Gasteiger partial charge in [-0.15, -0.1) is 0 Å². The summed E-state index contributed by atoms with van der Waals surface area (Å²) in [7, 11) is 1.65. The summed E-state index contributed by atoms with van der Waals surface area (Å²) in [5.41, 5.74) is 1.32. The molecule has 10 heavy (non-hydrogen) atoms. The first-order valence-electron chi connectivity index (χ1n) is 2.92. The summed E-state index contributed by atoms with van der Waals surface area (Å²) in [6.45, 7) is 0. The molecule has 0 radical (unpaired) electrons. The van der Waals surface area contributed by atoms with Gasteiger partial charge in [-0.05, 0) is 12.1 Å². The molecule has 1 heterocycles. The molecule has 0 saturated carbocycles. The highest BCUT2D eigenvalue weighted by atomic mass is 79.9. The number of hydrogen-bond donors (Lipinski definition) is 0. The zero-order chi connectivity index (χ0) is 7.56. The zero-order valence-electron chi connectivity index (χ0n) is 5.56. The molecule has 1 rings (SSSR count). The maximum Gasteiger partial charge on any atom is 0.167 e. The fourth-order valence-corrected chi connectivity index (χ4v) is 0.983. The highest BCUT2D eigenvalue weighted by Crippen LogP contribution is 1.99. The summed E-state index contributed by atoms with van der Waals surface area (Å²) in [5, 5.41) is 0.675. The molecule has 1 aromatic heterocycles. The van der Waals surface area contributed by atoms with Crippen LogP contribution in [0, 0.1) is 5.82 Å². The Morgan fingerprint density at radius 3 is 2.80 bits per heavy atom. The Bertz CT molecular complexity index is 241. The Hall–Kier alpha value is -0.375. The number of aromatic nitrogens is 1. The summed E-state index contributed by atoms with van der Waals surface area (Å²) >= 11 is 3.23. The predicted molar refractivity (Wildman–Crippen MR) is 45.0 cm³/mol. The van der Waals surface area contributed by atoms with Gasteiger partial charge in [-0.1, -0.05) is 15.9 Å². The molecule has 52 valence electrons. The molecule has 1 aromatic rings. The maximum absolute atomic E-state index is 12.6. The van der Waals surface area contributed by atoms with Gasteiger partial charge in [0.1, 0.15) is 5.82 Å². The van der Waals surface area contributed by atoms with Crippen LogP contribution in [0.15, 0.2) is 12.1 Å². The second-order valence-corrected chi connectivity index (χ2v) is 2.56. The highest BCUT2D eigenvalue weighted by Gasteiger charge is 1.97. The Labute approximate surface area is 68.2 Å². The van der Waals surface area contributed by atoms with Crippen molar-refractivity contribution < 1.29 is 4.39 Å². The smallest absolute Gasteiger partial charge is 0.167 e. The molecular formula is C6H6BBrFN. The fourth-order valence-electron chi connectivity index (χ4n) is 0.670. The summed E-state index contributed by atoms with van der Waals surface area (Å²) in [6, 6.07) is 3.09. The van der Waals surface area contributed by atoms with Crippen molar-refractivity contribution in [2.24, 2.45) is 0 Å². The van der Waals surface area contributed by atoms with E-state index in [1.807, 2.05) is 0 Å². The molecule has 0 N–H and O–H groups in total. The first-order chi connectivity index (χ1) is 4.74. The number of hydrogen-bond acceptors (Lipinski definition) is 1. The van der Waals surface area contributed by atoms with E-state index in [-0.39, 0.29) is 5.82 Å². The van der Waals surface area contributed by atoms with Gasteiger partial charge in [-0.25, -0.2) is 4.39 Å². The Morgan fingerprint density at radius 2 is 2.30 bits per heavy atom. The Morgan fingerprint density at radius 1 is 1.60 bits per heavy atom. The van der Waals surface area contributed by atoms with Crippen LogP contribution in [0.4, 0.5) is 4.39 Å². The summed E-state index contributed by atoms with van der Waals surface area (Å²) in [6.07, 6.45) is 0. The van der Waals surface area contributed by atoms with Crippen molar-refractivity contribution in [3.8, 4) is 0 Å². The van der Waals surface area contributed by atoms with Gasteiger partial charge in [0.25, 0.3) is 0 Å². The number of pyridine rings is 1. The summed E-state index contributed by atoms with van der Waals surface area (Å²) in [5.74, 6) is -0.246. The maximum atomic E-state index is 12.6. The van der Waals surface area contributed by atoms with E-state index in [1.54, 1.807) is 13.9 Å². The van der Waals surface area contributed by atoms with E-state index in [1.165, 1.54) is 6.07 Å². The third kappa shape index (κ3) is 1.56. The molecule has 0 spiro atoms. The average Bonchev–Trinajstić information content (AvgIpc) is 1.95. The minimum Gasteiger partial charge on any atom is -0.265 e. The highest BCUT2D eigenvalue weighted by molar-refractivity contribution is 9.08. The summed E-state index contributed by atoms with van der Waals surface area (Å²) in [4.78, 5) is 3.97. The Kier molecular flexibility index (Phi) is 2.43. The predicted octanol–water partition coefficient (Wildman–Crippen LogP) is 0.374. The largest absolute Gasteiger partial charge is 0.265 e. The van der Waals surface area contributed by atoms with E-state index in [9.17, 15) is 4.39 Å². The van der Waals surface area contributed by atoms with E-state index < -0.39 is 0 Å². The molecule has 0 aliphatic carbocycles. The molecule has 0 unspecified atom stereocenters. The van der Waals surface area contributed by atoms with Crippen molar-refractivity contribution in [1.29, 1.82) is 0 Å². The first kappa shape index (κ1) is 7.73. The third-order valence-corrected chi connectivity index (χ3v) is 1.79. The van der Waals surface area contributed by atoms with Gasteiger partial charge in [-0.2, -0.15) is 0 Å². The number of alkyl halides is 1. The standard InChI is InChI=1S/C6H6BBrFN/c7-6-5(9)2-1-4(3-8)10-6/h1-2H,3,7H2. The van der Waals surface area contributed by atoms with Gasteiger partial charge in [0.2, 0.25) is 0 Å². The van der Waals surface area contributed by atoms with Gasteiger partial charge < -0.3 is 0 Å². The minimum absolute atomic E-state index is 0.246. The molecule has 0 aliphatic heterocycles. The molecule has 0 fully saturated rings. The molecule has 1 nitrogen and oxygen atoms in total. The lowest BCUT2D eigenvalue weighted by Gasteiger charge is -1.97. The molecule has 4 heteroatoms. The number of nitrogens with zero attached hydrogens (tertiary/aromatic N) is 1. The Balaban J connectivity index is 3.04. The molecule has 0 aliphatic rings. The van der Waals surface area contributed by atoms with Crippen LogP contribution < -0.4 is 5.59 Å². The van der Waals surface area contributed by atoms with Gasteiger partial charge in [0.05, 0.1) is 5.69 Å². The molecule has 0 atom stereocenters. The second-order valence-electron chi connectivity index (χ2n) is 2.00. The van der Waals surface area contributed by atoms with Crippen LogP contribution in [0.3, 0.4) is 0 Å². The van der Waals surface area contributed by atoms with E-state index in [2.05, 4.69) is 20.9 Å². The topological polar surface area (TPSA) is 12.9 Å². The quantitative estimate of drug-likeness (QED) is 0.473. The average molecular weight is 202 g/mol. The van der Waals surface area contributed by atoms with Crippen LogP contribution in [-0.4, -0.2) is 12.8 Å². The molecule has 0 saturated heterocycles. The van der Waals surface area contributed by atoms with Crippen LogP contribution in [0.2, 0.25) is 0 Å². The molecule has 0 amide bonds. The number of halogens is 2. The van der Waals surface area contributed by atoms with E-state index in [4.69, 9.17) is 0 Å². The van der Waals surface area contributed by atoms with Gasteiger partial charge >= 0.3 is 0 Å². The van der Waals surface area contributed by atoms with E-state index >= 15 is 0 Å². The van der Waals surface area contributed by atoms with Crippen LogP contribution in [0.25, 0.3) is 0 Å². The third-order valence-electron chi connectivity index (χ3n) is 1.22. The van der Waals surface area contributed by atoms with Crippen LogP contribution in [0.1, 0.15) is 5.69 Å². The normalized spacial score (nSPS) is 9.80. The first-order valence-corrected chi connectivity index (χ1v) is 4.04.